The van der Waals surface area contributed by atoms with Gasteiger partial charge in [0.1, 0.15) is 0 Å². The lowest BCUT2D eigenvalue weighted by atomic mass is 10.2. The summed E-state index contributed by atoms with van der Waals surface area (Å²) in [6, 6.07) is 3.44. The van der Waals surface area contributed by atoms with Crippen molar-refractivity contribution in [2.45, 2.75) is 46.2 Å². The molecule has 0 rings (SSSR count). The zero-order valence-corrected chi connectivity index (χ0v) is 9.15. The van der Waals surface area contributed by atoms with Crippen LogP contribution >= 0.6 is 0 Å². The van der Waals surface area contributed by atoms with E-state index in [1.54, 1.807) is 0 Å². The Morgan fingerprint density at radius 2 is 1.58 bits per heavy atom. The van der Waals surface area contributed by atoms with Crippen molar-refractivity contribution < 1.29 is 17.3 Å². The van der Waals surface area contributed by atoms with Crippen molar-refractivity contribution in [1.29, 1.82) is 5.26 Å². The first kappa shape index (κ1) is 14.3. The van der Waals surface area contributed by atoms with Crippen LogP contribution in [0, 0.1) is 11.3 Å². The molecule has 0 unspecified atom stereocenters. The minimum Gasteiger partial charge on any atom is -1.00 e. The Hall–Kier alpha value is -0.260. The highest BCUT2D eigenvalue weighted by Crippen LogP contribution is 1.78. The molecular weight excluding hydrogens is 172 g/mol. The topological polar surface area (TPSA) is 28.2 Å². The standard InChI is InChI=1S/C9H18N2.ClH/c1-8(2)11(9(3)4)7-5-6-10;/h8-9H,5,7H2,1-4H3;1H. The molecule has 0 heterocycles. The van der Waals surface area contributed by atoms with E-state index in [1.807, 2.05) is 0 Å². The van der Waals surface area contributed by atoms with Crippen molar-refractivity contribution in [2.24, 2.45) is 0 Å². The fourth-order valence-electron chi connectivity index (χ4n) is 1.44. The smallest absolute Gasteiger partial charge is 0.0906 e. The molecular formula is C9H19ClN2. The number of nitrogens with one attached hydrogen (secondary N) is 1. The first-order valence-electron chi connectivity index (χ1n) is 4.32. The largest absolute Gasteiger partial charge is 1.00 e. The maximum atomic E-state index is 8.42. The van der Waals surface area contributed by atoms with E-state index in [0.717, 1.165) is 6.54 Å². The van der Waals surface area contributed by atoms with Crippen LogP contribution in [0.25, 0.3) is 0 Å². The highest BCUT2D eigenvalue weighted by molar-refractivity contribution is 4.67. The Morgan fingerprint density at radius 3 is 1.83 bits per heavy atom. The van der Waals surface area contributed by atoms with Gasteiger partial charge >= 0.3 is 0 Å². The van der Waals surface area contributed by atoms with Crippen LogP contribution in [0.15, 0.2) is 0 Å². The second-order valence-corrected chi connectivity index (χ2v) is 3.54. The zero-order chi connectivity index (χ0) is 8.85. The Bertz CT molecular complexity index is 130. The first-order valence-corrected chi connectivity index (χ1v) is 4.32. The molecule has 0 atom stereocenters. The van der Waals surface area contributed by atoms with Crippen LogP contribution in [0.1, 0.15) is 34.1 Å². The van der Waals surface area contributed by atoms with E-state index in [0.29, 0.717) is 18.5 Å². The second kappa shape index (κ2) is 7.39. The summed E-state index contributed by atoms with van der Waals surface area (Å²) in [6.07, 6.45) is 0.672. The maximum Gasteiger partial charge on any atom is 0.0906 e. The number of hydrogen-bond acceptors (Lipinski definition) is 1. The van der Waals surface area contributed by atoms with Gasteiger partial charge in [-0.1, -0.05) is 0 Å². The van der Waals surface area contributed by atoms with Crippen molar-refractivity contribution >= 4 is 0 Å². The van der Waals surface area contributed by atoms with E-state index in [-0.39, 0.29) is 12.4 Å². The van der Waals surface area contributed by atoms with E-state index >= 15 is 0 Å². The molecule has 12 heavy (non-hydrogen) atoms. The third-order valence-corrected chi connectivity index (χ3v) is 2.01. The lowest BCUT2D eigenvalue weighted by Crippen LogP contribution is -3.17. The fraction of sp³-hybridized carbons (Fsp3) is 0.889. The second-order valence-electron chi connectivity index (χ2n) is 3.54. The molecule has 0 aromatic rings. The summed E-state index contributed by atoms with van der Waals surface area (Å²) in [5.74, 6) is 0. The van der Waals surface area contributed by atoms with Gasteiger partial charge in [-0.3, -0.25) is 0 Å². The van der Waals surface area contributed by atoms with Crippen molar-refractivity contribution in [2.75, 3.05) is 6.54 Å². The molecule has 3 heteroatoms. The Balaban J connectivity index is 0. The van der Waals surface area contributed by atoms with Gasteiger partial charge in [0.2, 0.25) is 0 Å². The summed E-state index contributed by atoms with van der Waals surface area (Å²) in [4.78, 5) is 1.52. The predicted molar refractivity (Wildman–Crippen MR) is 46.3 cm³/mol. The summed E-state index contributed by atoms with van der Waals surface area (Å²) >= 11 is 0. The predicted octanol–water partition coefficient (Wildman–Crippen LogP) is -2.39. The number of nitriles is 1. The monoisotopic (exact) mass is 190 g/mol. The number of rotatable bonds is 4. The quantitative estimate of drug-likeness (QED) is 0.527. The fourth-order valence-corrected chi connectivity index (χ4v) is 1.44. The van der Waals surface area contributed by atoms with Gasteiger partial charge in [0.05, 0.1) is 31.1 Å². The summed E-state index contributed by atoms with van der Waals surface area (Å²) in [5, 5.41) is 8.42. The van der Waals surface area contributed by atoms with E-state index in [1.165, 1.54) is 4.90 Å². The molecule has 1 N–H and O–H groups in total. The van der Waals surface area contributed by atoms with Gasteiger partial charge in [-0.2, -0.15) is 5.26 Å². The molecule has 0 fully saturated rings. The Kier molecular flexibility index (Phi) is 8.79. The summed E-state index contributed by atoms with van der Waals surface area (Å²) in [6.45, 7) is 9.78. The van der Waals surface area contributed by atoms with Crippen LogP contribution in [0.5, 0.6) is 0 Å². The van der Waals surface area contributed by atoms with Crippen molar-refractivity contribution in [1.82, 2.24) is 0 Å². The number of quaternary nitrogens is 1. The summed E-state index contributed by atoms with van der Waals surface area (Å²) in [5.41, 5.74) is 0. The molecule has 0 bridgehead atoms. The SMILES string of the molecule is CC(C)[NH+](CCC#N)C(C)C.[Cl-]. The molecule has 0 aliphatic carbocycles. The third-order valence-electron chi connectivity index (χ3n) is 2.01. The van der Waals surface area contributed by atoms with Gasteiger partial charge in [0.25, 0.3) is 0 Å². The molecule has 2 nitrogen and oxygen atoms in total. The first-order chi connectivity index (χ1) is 5.09. The van der Waals surface area contributed by atoms with Crippen LogP contribution in [0.4, 0.5) is 0 Å². The number of halogens is 1. The van der Waals surface area contributed by atoms with Crippen molar-refractivity contribution in [3.63, 3.8) is 0 Å². The highest BCUT2D eigenvalue weighted by atomic mass is 35.5. The Morgan fingerprint density at radius 1 is 1.17 bits per heavy atom. The van der Waals surface area contributed by atoms with Crippen LogP contribution in [-0.2, 0) is 0 Å². The minimum absolute atomic E-state index is 0. The molecule has 0 saturated carbocycles. The lowest BCUT2D eigenvalue weighted by Gasteiger charge is -2.26. The van der Waals surface area contributed by atoms with E-state index in [4.69, 9.17) is 5.26 Å². The molecule has 0 spiro atoms. The molecule has 0 amide bonds. The molecule has 0 radical (unpaired) electrons. The minimum atomic E-state index is 0. The maximum absolute atomic E-state index is 8.42. The van der Waals surface area contributed by atoms with E-state index in [2.05, 4.69) is 33.8 Å². The normalized spacial score (nSPS) is 10.2. The number of nitrogens with zero attached hydrogens (tertiary/aromatic N) is 1. The summed E-state index contributed by atoms with van der Waals surface area (Å²) < 4.78 is 0. The van der Waals surface area contributed by atoms with Crippen molar-refractivity contribution in [3.8, 4) is 6.07 Å². The highest BCUT2D eigenvalue weighted by Gasteiger charge is 2.15. The molecule has 0 aliphatic heterocycles. The third kappa shape index (κ3) is 5.40. The van der Waals surface area contributed by atoms with E-state index < -0.39 is 0 Å². The summed E-state index contributed by atoms with van der Waals surface area (Å²) in [7, 11) is 0. The average Bonchev–Trinajstić information content (AvgIpc) is 1.87. The van der Waals surface area contributed by atoms with Gasteiger partial charge in [-0.15, -0.1) is 0 Å². The van der Waals surface area contributed by atoms with Crippen LogP contribution in [-0.4, -0.2) is 18.6 Å². The van der Waals surface area contributed by atoms with Gasteiger partial charge in [0.15, 0.2) is 0 Å². The molecule has 0 aliphatic rings. The number of hydrogen-bond donors (Lipinski definition) is 1. The molecule has 0 saturated heterocycles. The van der Waals surface area contributed by atoms with E-state index in [9.17, 15) is 0 Å². The van der Waals surface area contributed by atoms with Gasteiger partial charge in [0, 0.05) is 0 Å². The van der Waals surface area contributed by atoms with Crippen molar-refractivity contribution in [3.05, 3.63) is 0 Å². The molecule has 0 aromatic carbocycles. The Labute approximate surface area is 82.0 Å². The van der Waals surface area contributed by atoms with Gasteiger partial charge in [-0.25, -0.2) is 0 Å². The van der Waals surface area contributed by atoms with Gasteiger partial charge < -0.3 is 17.3 Å². The average molecular weight is 191 g/mol. The van der Waals surface area contributed by atoms with Crippen LogP contribution in [0.2, 0.25) is 0 Å². The zero-order valence-electron chi connectivity index (χ0n) is 8.39. The molecule has 0 aromatic heterocycles. The van der Waals surface area contributed by atoms with Gasteiger partial charge in [-0.05, 0) is 27.7 Å². The van der Waals surface area contributed by atoms with Crippen LogP contribution < -0.4 is 17.3 Å². The lowest BCUT2D eigenvalue weighted by molar-refractivity contribution is -0.941. The molecule has 72 valence electrons. The van der Waals surface area contributed by atoms with Crippen LogP contribution in [0.3, 0.4) is 0 Å².